The minimum Gasteiger partial charge on any atom is -0.382 e. The van der Waals surface area contributed by atoms with Crippen LogP contribution in [0.5, 0.6) is 0 Å². The van der Waals surface area contributed by atoms with Crippen LogP contribution >= 0.6 is 0 Å². The van der Waals surface area contributed by atoms with Crippen LogP contribution in [0.2, 0.25) is 0 Å². The molecule has 2 aromatic heterocycles. The van der Waals surface area contributed by atoms with E-state index in [4.69, 9.17) is 5.73 Å². The molecular formula is C23H22N6O2. The first-order chi connectivity index (χ1) is 15.1. The molecule has 0 saturated carbocycles. The van der Waals surface area contributed by atoms with Crippen molar-refractivity contribution in [2.75, 3.05) is 17.2 Å². The largest absolute Gasteiger partial charge is 0.382 e. The molecule has 0 fully saturated rings. The van der Waals surface area contributed by atoms with Crippen LogP contribution in [0, 0.1) is 0 Å². The van der Waals surface area contributed by atoms with E-state index in [1.165, 1.54) is 0 Å². The highest BCUT2D eigenvalue weighted by Gasteiger charge is 2.26. The van der Waals surface area contributed by atoms with Gasteiger partial charge in [-0.05, 0) is 36.6 Å². The number of anilines is 2. The summed E-state index contributed by atoms with van der Waals surface area (Å²) in [4.78, 5) is 27.1. The summed E-state index contributed by atoms with van der Waals surface area (Å²) in [7, 11) is 0. The molecule has 1 aliphatic rings. The van der Waals surface area contributed by atoms with E-state index in [9.17, 15) is 9.59 Å². The number of hydrogen-bond donors (Lipinski definition) is 2. The normalized spacial score (nSPS) is 13.0. The van der Waals surface area contributed by atoms with Gasteiger partial charge in [-0.25, -0.2) is 5.10 Å². The number of aromatic nitrogens is 4. The third-order valence-electron chi connectivity index (χ3n) is 5.75. The second-order valence-electron chi connectivity index (χ2n) is 7.63. The molecule has 2 aromatic carbocycles. The zero-order chi connectivity index (χ0) is 21.5. The second kappa shape index (κ2) is 7.39. The molecule has 0 unspecified atom stereocenters. The molecule has 5 rings (SSSR count). The van der Waals surface area contributed by atoms with Crippen LogP contribution in [-0.2, 0) is 24.2 Å². The molecule has 0 spiro atoms. The number of aromatic amines is 1. The number of amides is 1. The Morgan fingerprint density at radius 1 is 1.19 bits per heavy atom. The molecule has 0 bridgehead atoms. The van der Waals surface area contributed by atoms with E-state index < -0.39 is 0 Å². The zero-order valence-corrected chi connectivity index (χ0v) is 17.1. The summed E-state index contributed by atoms with van der Waals surface area (Å²) >= 11 is 0. The summed E-state index contributed by atoms with van der Waals surface area (Å²) in [6.07, 6.45) is 1.14. The van der Waals surface area contributed by atoms with Gasteiger partial charge in [0.25, 0.3) is 5.56 Å². The summed E-state index contributed by atoms with van der Waals surface area (Å²) in [5, 5.41) is 11.5. The monoisotopic (exact) mass is 414 g/mol. The number of benzene rings is 2. The first-order valence-corrected chi connectivity index (χ1v) is 10.3. The lowest BCUT2D eigenvalue weighted by Crippen LogP contribution is -2.30. The van der Waals surface area contributed by atoms with Gasteiger partial charge < -0.3 is 10.6 Å². The SMILES string of the molecule is CCn1nc(-c2ccc3c(c2)CCN3C(=O)Cc2ccccc2)c2c(N)n[nH]c(=O)c21. The van der Waals surface area contributed by atoms with E-state index in [2.05, 4.69) is 15.3 Å². The lowest BCUT2D eigenvalue weighted by atomic mass is 10.0. The van der Waals surface area contributed by atoms with Gasteiger partial charge in [0.1, 0.15) is 11.2 Å². The van der Waals surface area contributed by atoms with Gasteiger partial charge in [-0.2, -0.15) is 10.2 Å². The number of H-pyrrole nitrogens is 1. The first kappa shape index (κ1) is 19.0. The Kier molecular flexibility index (Phi) is 4.54. The van der Waals surface area contributed by atoms with Crippen molar-refractivity contribution in [2.24, 2.45) is 0 Å². The number of carbonyl (C=O) groups excluding carboxylic acids is 1. The van der Waals surface area contributed by atoms with E-state index in [0.717, 1.165) is 28.8 Å². The number of hydrogen-bond acceptors (Lipinski definition) is 5. The van der Waals surface area contributed by atoms with Crippen LogP contribution in [0.3, 0.4) is 0 Å². The Morgan fingerprint density at radius 2 is 2.00 bits per heavy atom. The Morgan fingerprint density at radius 3 is 2.77 bits per heavy atom. The predicted molar refractivity (Wildman–Crippen MR) is 120 cm³/mol. The summed E-state index contributed by atoms with van der Waals surface area (Å²) in [5.41, 5.74) is 10.7. The average Bonchev–Trinajstić information content (AvgIpc) is 3.39. The Hall–Kier alpha value is -3.94. The molecule has 8 heteroatoms. The smallest absolute Gasteiger partial charge is 0.290 e. The van der Waals surface area contributed by atoms with Gasteiger partial charge in [-0.15, -0.1) is 0 Å². The van der Waals surface area contributed by atoms with Crippen molar-refractivity contribution in [3.63, 3.8) is 0 Å². The summed E-state index contributed by atoms with van der Waals surface area (Å²) in [6.45, 7) is 3.11. The Bertz CT molecular complexity index is 1360. The van der Waals surface area contributed by atoms with E-state index >= 15 is 0 Å². The molecule has 4 aromatic rings. The fourth-order valence-electron chi connectivity index (χ4n) is 4.26. The number of carbonyl (C=O) groups is 1. The topological polar surface area (TPSA) is 110 Å². The van der Waals surface area contributed by atoms with Crippen LogP contribution < -0.4 is 16.2 Å². The van der Waals surface area contributed by atoms with Gasteiger partial charge >= 0.3 is 0 Å². The van der Waals surface area contributed by atoms with Crippen LogP contribution in [-0.4, -0.2) is 32.4 Å². The lowest BCUT2D eigenvalue weighted by molar-refractivity contribution is -0.117. The first-order valence-electron chi connectivity index (χ1n) is 10.3. The van der Waals surface area contributed by atoms with E-state index in [1.54, 1.807) is 4.68 Å². The number of nitrogens with two attached hydrogens (primary N) is 1. The average molecular weight is 414 g/mol. The molecule has 0 radical (unpaired) electrons. The number of nitrogen functional groups attached to an aromatic ring is 1. The molecule has 3 N–H and O–H groups in total. The fraction of sp³-hybridized carbons (Fsp3) is 0.217. The minimum atomic E-state index is -0.316. The highest BCUT2D eigenvalue weighted by molar-refractivity contribution is 6.01. The highest BCUT2D eigenvalue weighted by Crippen LogP contribution is 2.35. The number of rotatable bonds is 4. The molecule has 0 saturated heterocycles. The van der Waals surface area contributed by atoms with Crippen molar-refractivity contribution in [3.05, 3.63) is 70.0 Å². The van der Waals surface area contributed by atoms with Crippen molar-refractivity contribution >= 4 is 28.3 Å². The molecule has 0 aliphatic carbocycles. The molecule has 1 aliphatic heterocycles. The molecule has 0 atom stereocenters. The van der Waals surface area contributed by atoms with Crippen molar-refractivity contribution in [1.29, 1.82) is 0 Å². The van der Waals surface area contributed by atoms with Gasteiger partial charge in [-0.1, -0.05) is 36.4 Å². The molecule has 3 heterocycles. The van der Waals surface area contributed by atoms with Crippen molar-refractivity contribution in [2.45, 2.75) is 26.3 Å². The van der Waals surface area contributed by atoms with Crippen LogP contribution in [0.15, 0.2) is 53.3 Å². The zero-order valence-electron chi connectivity index (χ0n) is 17.1. The number of nitrogens with zero attached hydrogens (tertiary/aromatic N) is 4. The highest BCUT2D eigenvalue weighted by atomic mass is 16.2. The standard InChI is InChI=1S/C23H22N6O2/c1-2-29-21-19(22(24)25-26-23(21)31)20(27-29)16-8-9-17-15(13-16)10-11-28(17)18(30)12-14-6-4-3-5-7-14/h3-9,13H,2,10-12H2,1H3,(H2,24,25)(H,26,31). The van der Waals surface area contributed by atoms with Gasteiger partial charge in [0.05, 0.1) is 11.8 Å². The number of nitrogens with one attached hydrogen (secondary N) is 1. The van der Waals surface area contributed by atoms with Crippen molar-refractivity contribution in [1.82, 2.24) is 20.0 Å². The third kappa shape index (κ3) is 3.16. The predicted octanol–water partition coefficient (Wildman–Crippen LogP) is 2.52. The molecule has 1 amide bonds. The van der Waals surface area contributed by atoms with Gasteiger partial charge in [0, 0.05) is 24.3 Å². The maximum atomic E-state index is 12.9. The summed E-state index contributed by atoms with van der Waals surface area (Å²) in [6, 6.07) is 15.7. The number of fused-ring (bicyclic) bond motifs is 2. The molecule has 31 heavy (non-hydrogen) atoms. The van der Waals surface area contributed by atoms with Gasteiger partial charge in [-0.3, -0.25) is 14.3 Å². The minimum absolute atomic E-state index is 0.0818. The molecule has 8 nitrogen and oxygen atoms in total. The van der Waals surface area contributed by atoms with E-state index in [1.807, 2.05) is 60.4 Å². The van der Waals surface area contributed by atoms with Crippen molar-refractivity contribution in [3.8, 4) is 11.3 Å². The maximum Gasteiger partial charge on any atom is 0.290 e. The third-order valence-corrected chi connectivity index (χ3v) is 5.75. The lowest BCUT2D eigenvalue weighted by Gasteiger charge is -2.17. The molecular weight excluding hydrogens is 392 g/mol. The summed E-state index contributed by atoms with van der Waals surface area (Å²) < 4.78 is 1.64. The maximum absolute atomic E-state index is 12.9. The molecule has 156 valence electrons. The summed E-state index contributed by atoms with van der Waals surface area (Å²) in [5.74, 6) is 0.322. The van der Waals surface area contributed by atoms with Gasteiger partial charge in [0.15, 0.2) is 5.82 Å². The Labute approximate surface area is 178 Å². The van der Waals surface area contributed by atoms with E-state index in [-0.39, 0.29) is 17.3 Å². The number of aryl methyl sites for hydroxylation is 1. The van der Waals surface area contributed by atoms with Crippen LogP contribution in [0.4, 0.5) is 11.5 Å². The second-order valence-corrected chi connectivity index (χ2v) is 7.63. The van der Waals surface area contributed by atoms with Crippen molar-refractivity contribution < 1.29 is 4.79 Å². The van der Waals surface area contributed by atoms with Crippen LogP contribution in [0.1, 0.15) is 18.1 Å². The quantitative estimate of drug-likeness (QED) is 0.533. The fourth-order valence-corrected chi connectivity index (χ4v) is 4.26. The van der Waals surface area contributed by atoms with E-state index in [0.29, 0.717) is 36.1 Å². The van der Waals surface area contributed by atoms with Crippen LogP contribution in [0.25, 0.3) is 22.2 Å². The van der Waals surface area contributed by atoms with Gasteiger partial charge in [0.2, 0.25) is 5.91 Å². The Balaban J connectivity index is 1.52.